The number of benzene rings is 5. The predicted molar refractivity (Wildman–Crippen MR) is 262 cm³/mol. The summed E-state index contributed by atoms with van der Waals surface area (Å²) in [5, 5.41) is 9.10. The highest BCUT2D eigenvalue weighted by Gasteiger charge is 2.31. The number of rotatable bonds is 21. The number of thioether (sulfide) groups is 1. The number of pyridine rings is 1. The molecule has 2 heterocycles. The zero-order valence-corrected chi connectivity index (χ0v) is 38.4. The smallest absolute Gasteiger partial charge is 0.263 e. The van der Waals surface area contributed by atoms with E-state index in [2.05, 4.69) is 55.7 Å². The maximum atomic E-state index is 14.1. The molecule has 0 spiro atoms. The van der Waals surface area contributed by atoms with Crippen LogP contribution in [0.4, 0.5) is 5.69 Å². The first-order chi connectivity index (χ1) is 30.8. The van der Waals surface area contributed by atoms with Gasteiger partial charge in [-0.25, -0.2) is 4.98 Å². The van der Waals surface area contributed by atoms with E-state index in [9.17, 15) is 9.59 Å². The molecule has 7 rings (SSSR count). The molecule has 2 N–H and O–H groups in total. The van der Waals surface area contributed by atoms with Gasteiger partial charge in [-0.05, 0) is 85.2 Å². The lowest BCUT2D eigenvalue weighted by Crippen LogP contribution is -2.31. The monoisotopic (exact) mass is 882 g/mol. The Morgan fingerprint density at radius 2 is 1.46 bits per heavy atom. The number of anilines is 1. The fraction of sp³-hybridized carbons (Fsp3) is 0.346. The van der Waals surface area contributed by atoms with Crippen molar-refractivity contribution in [3.63, 3.8) is 0 Å². The molecule has 1 unspecified atom stereocenters. The van der Waals surface area contributed by atoms with Gasteiger partial charge < -0.3 is 24.8 Å². The number of carbonyl (C=O) groups excluding carboxylic acids is 2. The van der Waals surface area contributed by atoms with Crippen molar-refractivity contribution in [2.75, 3.05) is 31.3 Å². The minimum atomic E-state index is -0.319. The molecule has 1 aromatic heterocycles. The summed E-state index contributed by atoms with van der Waals surface area (Å²) >= 11 is 7.00. The van der Waals surface area contributed by atoms with Gasteiger partial charge in [0.25, 0.3) is 11.8 Å². The summed E-state index contributed by atoms with van der Waals surface area (Å²) in [4.78, 5) is 34.8. The summed E-state index contributed by atoms with van der Waals surface area (Å²) in [6.45, 7) is 8.11. The van der Waals surface area contributed by atoms with Crippen molar-refractivity contribution in [2.45, 2.75) is 85.0 Å². The molecule has 1 aliphatic heterocycles. The van der Waals surface area contributed by atoms with Crippen molar-refractivity contribution >= 4 is 67.6 Å². The van der Waals surface area contributed by atoms with E-state index in [0.29, 0.717) is 23.8 Å². The highest BCUT2D eigenvalue weighted by Crippen LogP contribution is 2.39. The standard InChI is InChI=1S/C52H58N4O5S2/c1-5-36(6-2)20-13-15-35(3)54-47-41-24-22-37(31-46(41)55-45-27-23-40(59-4)32-44(45)47)21-14-28-53-50(57)42-25-26-43(51(58)56-29-30-63-52(56)62)49(61-34-39-18-11-8-12-19-39)48(42)60-33-38-16-9-7-10-17-38/h7-12,16-19,22-27,31-32,35-36H,5-6,13-15,20-21,28-30,33-34H2,1-4H3,(H,53,57)(H,54,55). The molecule has 1 saturated heterocycles. The van der Waals surface area contributed by atoms with Gasteiger partial charge in [0.2, 0.25) is 0 Å². The highest BCUT2D eigenvalue weighted by molar-refractivity contribution is 8.23. The molecular formula is C52H58N4O5S2. The number of ether oxygens (including phenoxy) is 3. The van der Waals surface area contributed by atoms with Crippen LogP contribution in [-0.2, 0) is 19.6 Å². The SMILES string of the molecule is CCC(CC)CCCC(C)Nc1c2ccc(CCCNC(=O)c3ccc(C(=O)N4CCSC4=S)c(OCc4ccccc4)c3OCc3ccccc3)cc2nc2ccc(OC)cc12. The predicted octanol–water partition coefficient (Wildman–Crippen LogP) is 11.8. The number of nitrogens with one attached hydrogen (secondary N) is 2. The number of aromatic nitrogens is 1. The maximum Gasteiger partial charge on any atom is 0.263 e. The lowest BCUT2D eigenvalue weighted by molar-refractivity contribution is 0.0852. The summed E-state index contributed by atoms with van der Waals surface area (Å²) in [6.07, 6.45) is 7.42. The first-order valence-electron chi connectivity index (χ1n) is 22.2. The maximum absolute atomic E-state index is 14.1. The molecule has 1 fully saturated rings. The number of hydrogen-bond donors (Lipinski definition) is 2. The van der Waals surface area contributed by atoms with Gasteiger partial charge in [0.15, 0.2) is 11.5 Å². The molecule has 0 bridgehead atoms. The molecule has 1 aliphatic rings. The van der Waals surface area contributed by atoms with Gasteiger partial charge in [-0.3, -0.25) is 14.5 Å². The van der Waals surface area contributed by atoms with E-state index in [1.54, 1.807) is 24.1 Å². The van der Waals surface area contributed by atoms with Crippen LogP contribution in [0.15, 0.2) is 109 Å². The van der Waals surface area contributed by atoms with E-state index in [1.807, 2.05) is 72.8 Å². The zero-order valence-electron chi connectivity index (χ0n) is 36.8. The minimum Gasteiger partial charge on any atom is -0.497 e. The Labute approximate surface area is 381 Å². The fourth-order valence-corrected chi connectivity index (χ4v) is 9.31. The van der Waals surface area contributed by atoms with E-state index in [1.165, 1.54) is 37.4 Å². The molecule has 5 aromatic carbocycles. The molecule has 63 heavy (non-hydrogen) atoms. The molecule has 0 radical (unpaired) electrons. The average molecular weight is 883 g/mol. The fourth-order valence-electron chi connectivity index (χ4n) is 8.10. The van der Waals surface area contributed by atoms with Crippen LogP contribution in [0.3, 0.4) is 0 Å². The Balaban J connectivity index is 1.10. The Bertz CT molecular complexity index is 2510. The topological polar surface area (TPSA) is 102 Å². The van der Waals surface area contributed by atoms with Crippen molar-refractivity contribution in [1.29, 1.82) is 0 Å². The van der Waals surface area contributed by atoms with Gasteiger partial charge in [0.1, 0.15) is 23.3 Å². The summed E-state index contributed by atoms with van der Waals surface area (Å²) in [7, 11) is 1.69. The van der Waals surface area contributed by atoms with Crippen LogP contribution in [0, 0.1) is 5.92 Å². The van der Waals surface area contributed by atoms with E-state index in [4.69, 9.17) is 31.4 Å². The van der Waals surface area contributed by atoms with E-state index in [-0.39, 0.29) is 53.7 Å². The highest BCUT2D eigenvalue weighted by atomic mass is 32.2. The van der Waals surface area contributed by atoms with Crippen molar-refractivity contribution in [3.05, 3.63) is 137 Å². The molecule has 6 aromatic rings. The molecule has 1 atom stereocenters. The minimum absolute atomic E-state index is 0.172. The van der Waals surface area contributed by atoms with Crippen molar-refractivity contribution in [3.8, 4) is 17.2 Å². The normalized spacial score (nSPS) is 13.1. The Hall–Kier alpha value is -5.65. The molecule has 11 heteroatoms. The Morgan fingerprint density at radius 3 is 2.11 bits per heavy atom. The van der Waals surface area contributed by atoms with Crippen LogP contribution < -0.4 is 24.8 Å². The first-order valence-corrected chi connectivity index (χ1v) is 23.6. The van der Waals surface area contributed by atoms with E-state index >= 15 is 0 Å². The molecule has 0 saturated carbocycles. The van der Waals surface area contributed by atoms with Gasteiger partial charge in [0, 0.05) is 35.7 Å². The molecule has 2 amide bonds. The molecule has 0 aliphatic carbocycles. The van der Waals surface area contributed by atoms with Crippen molar-refractivity contribution in [2.24, 2.45) is 5.92 Å². The molecular weight excluding hydrogens is 825 g/mol. The Kier molecular flexibility index (Phi) is 15.9. The number of nitrogens with zero attached hydrogens (tertiary/aromatic N) is 2. The van der Waals surface area contributed by atoms with Crippen LogP contribution >= 0.6 is 24.0 Å². The molecule has 9 nitrogen and oxygen atoms in total. The van der Waals surface area contributed by atoms with Crippen molar-refractivity contribution in [1.82, 2.24) is 15.2 Å². The van der Waals surface area contributed by atoms with Gasteiger partial charge >= 0.3 is 0 Å². The van der Waals surface area contributed by atoms with Gasteiger partial charge in [-0.2, -0.15) is 0 Å². The lowest BCUT2D eigenvalue weighted by atomic mass is 9.95. The summed E-state index contributed by atoms with van der Waals surface area (Å²) in [5.41, 5.74) is 6.44. The van der Waals surface area contributed by atoms with Crippen LogP contribution in [-0.4, -0.2) is 58.0 Å². The van der Waals surface area contributed by atoms with Gasteiger partial charge in [0.05, 0.1) is 35.0 Å². The summed E-state index contributed by atoms with van der Waals surface area (Å²) in [5.74, 6) is 2.13. The number of aryl methyl sites for hydroxylation is 1. The van der Waals surface area contributed by atoms with Crippen molar-refractivity contribution < 1.29 is 23.8 Å². The summed E-state index contributed by atoms with van der Waals surface area (Å²) in [6, 6.07) is 35.6. The second kappa shape index (κ2) is 22.1. The number of carbonyl (C=O) groups is 2. The number of methoxy groups -OCH3 is 1. The zero-order chi connectivity index (χ0) is 44.1. The van der Waals surface area contributed by atoms with Gasteiger partial charge in [-0.1, -0.05) is 136 Å². The first kappa shape index (κ1) is 45.4. The molecule has 328 valence electrons. The third-order valence-electron chi connectivity index (χ3n) is 11.8. The third-order valence-corrected chi connectivity index (χ3v) is 13.2. The summed E-state index contributed by atoms with van der Waals surface area (Å²) < 4.78 is 19.0. The van der Waals surface area contributed by atoms with Crippen LogP contribution in [0.5, 0.6) is 17.2 Å². The number of fused-ring (bicyclic) bond motifs is 2. The van der Waals surface area contributed by atoms with Crippen LogP contribution in [0.2, 0.25) is 0 Å². The lowest BCUT2D eigenvalue weighted by Gasteiger charge is -2.22. The van der Waals surface area contributed by atoms with Crippen LogP contribution in [0.25, 0.3) is 21.8 Å². The van der Waals surface area contributed by atoms with Gasteiger partial charge in [-0.15, -0.1) is 0 Å². The van der Waals surface area contributed by atoms with E-state index < -0.39 is 0 Å². The van der Waals surface area contributed by atoms with Crippen LogP contribution in [0.1, 0.15) is 96.7 Å². The number of thiocarbonyl (C=S) groups is 1. The van der Waals surface area contributed by atoms with E-state index in [0.717, 1.165) is 74.4 Å². The largest absolute Gasteiger partial charge is 0.497 e. The second-order valence-corrected chi connectivity index (χ2v) is 17.9. The third kappa shape index (κ3) is 11.5. The Morgan fingerprint density at radius 1 is 0.778 bits per heavy atom. The number of hydrogen-bond acceptors (Lipinski definition) is 9. The second-order valence-electron chi connectivity index (χ2n) is 16.2. The quantitative estimate of drug-likeness (QED) is 0.0416. The average Bonchev–Trinajstić information content (AvgIpc) is 3.75. The number of amides is 2.